The summed E-state index contributed by atoms with van der Waals surface area (Å²) >= 11 is 8.20. The minimum absolute atomic E-state index is 0.567. The third-order valence-electron chi connectivity index (χ3n) is 3.22. The Morgan fingerprint density at radius 1 is 1.30 bits per heavy atom. The largest absolute Gasteiger partial charge is 0.464 e. The molecule has 0 saturated carbocycles. The molecule has 5 heteroatoms. The second-order valence-electron chi connectivity index (χ2n) is 4.70. The number of aryl methyl sites for hydroxylation is 2. The molecule has 3 nitrogen and oxygen atoms in total. The van der Waals surface area contributed by atoms with Gasteiger partial charge in [-0.25, -0.2) is 4.98 Å². The summed E-state index contributed by atoms with van der Waals surface area (Å²) in [5.41, 5.74) is 2.14. The molecule has 0 atom stereocenters. The zero-order valence-electron chi connectivity index (χ0n) is 11.1. The van der Waals surface area contributed by atoms with Gasteiger partial charge in [0.15, 0.2) is 0 Å². The van der Waals surface area contributed by atoms with Crippen LogP contribution in [0, 0.1) is 10.5 Å². The van der Waals surface area contributed by atoms with Crippen molar-refractivity contribution in [3.63, 3.8) is 0 Å². The topological polar surface area (TPSA) is 31.0 Å². The van der Waals surface area contributed by atoms with E-state index in [1.807, 2.05) is 19.1 Å². The van der Waals surface area contributed by atoms with Gasteiger partial charge in [0, 0.05) is 15.9 Å². The van der Waals surface area contributed by atoms with Crippen LogP contribution in [0.3, 0.4) is 0 Å². The van der Waals surface area contributed by atoms with Crippen LogP contribution in [-0.2, 0) is 13.0 Å². The second-order valence-corrected chi connectivity index (χ2v) is 6.32. The van der Waals surface area contributed by atoms with Crippen LogP contribution in [-0.4, -0.2) is 15.4 Å². The molecular formula is C15H14ClIN2O. The number of hydrogen-bond donors (Lipinski definition) is 0. The monoisotopic (exact) mass is 400 g/mol. The third kappa shape index (κ3) is 2.72. The Balaban J connectivity index is 2.08. The number of alkyl halides is 1. The Bertz CT molecular complexity index is 747. The van der Waals surface area contributed by atoms with E-state index in [1.165, 1.54) is 3.57 Å². The maximum atomic E-state index is 5.90. The van der Waals surface area contributed by atoms with E-state index in [4.69, 9.17) is 21.0 Å². The molecule has 0 aliphatic carbocycles. The number of rotatable bonds is 4. The summed E-state index contributed by atoms with van der Waals surface area (Å²) in [6.07, 6.45) is 0.756. The highest BCUT2D eigenvalue weighted by atomic mass is 127. The lowest BCUT2D eigenvalue weighted by Crippen LogP contribution is -2.05. The molecule has 0 spiro atoms. The molecule has 0 N–H and O–H groups in total. The number of furan rings is 1. The first-order valence-electron chi connectivity index (χ1n) is 6.43. The Kier molecular flexibility index (Phi) is 4.03. The van der Waals surface area contributed by atoms with Gasteiger partial charge in [0.1, 0.15) is 17.3 Å². The number of hydrogen-bond acceptors (Lipinski definition) is 2. The van der Waals surface area contributed by atoms with Crippen LogP contribution in [0.1, 0.15) is 17.3 Å². The third-order valence-corrected chi connectivity index (χ3v) is 4.08. The van der Waals surface area contributed by atoms with Crippen LogP contribution in [0.4, 0.5) is 0 Å². The van der Waals surface area contributed by atoms with Crippen molar-refractivity contribution in [2.24, 2.45) is 0 Å². The first-order valence-corrected chi connectivity index (χ1v) is 8.04. The molecule has 1 aromatic carbocycles. The molecule has 2 heterocycles. The predicted molar refractivity (Wildman–Crippen MR) is 89.4 cm³/mol. The number of imidazole rings is 1. The number of benzene rings is 1. The predicted octanol–water partition coefficient (Wildman–Crippen LogP) is 4.37. The summed E-state index contributed by atoms with van der Waals surface area (Å²) in [5, 5.41) is 0. The second kappa shape index (κ2) is 5.77. The fourth-order valence-corrected chi connectivity index (χ4v) is 2.97. The van der Waals surface area contributed by atoms with E-state index < -0.39 is 0 Å². The lowest BCUT2D eigenvalue weighted by atomic mass is 10.3. The standard InChI is InChI=1S/C15H14ClIN2O/c1-10-2-4-12(20-10)9-19-14-5-3-11(17)8-13(14)18-15(19)6-7-16/h2-5,8H,6-7,9H2,1H3. The first kappa shape index (κ1) is 13.9. The molecule has 20 heavy (non-hydrogen) atoms. The van der Waals surface area contributed by atoms with Gasteiger partial charge in [-0.1, -0.05) is 0 Å². The van der Waals surface area contributed by atoms with E-state index in [-0.39, 0.29) is 0 Å². The van der Waals surface area contributed by atoms with Gasteiger partial charge in [-0.3, -0.25) is 0 Å². The molecule has 104 valence electrons. The Morgan fingerprint density at radius 3 is 2.85 bits per heavy atom. The average molecular weight is 401 g/mol. The van der Waals surface area contributed by atoms with Gasteiger partial charge in [0.25, 0.3) is 0 Å². The van der Waals surface area contributed by atoms with E-state index in [0.717, 1.165) is 34.8 Å². The highest BCUT2D eigenvalue weighted by Crippen LogP contribution is 2.21. The number of fused-ring (bicyclic) bond motifs is 1. The maximum Gasteiger partial charge on any atom is 0.123 e. The van der Waals surface area contributed by atoms with Crippen molar-refractivity contribution in [1.29, 1.82) is 0 Å². The molecule has 0 bridgehead atoms. The summed E-state index contributed by atoms with van der Waals surface area (Å²) in [5.74, 6) is 3.44. The fourth-order valence-electron chi connectivity index (χ4n) is 2.33. The van der Waals surface area contributed by atoms with Crippen molar-refractivity contribution in [3.05, 3.63) is 51.2 Å². The minimum Gasteiger partial charge on any atom is -0.464 e. The van der Waals surface area contributed by atoms with Gasteiger partial charge < -0.3 is 8.98 Å². The lowest BCUT2D eigenvalue weighted by Gasteiger charge is -2.06. The van der Waals surface area contributed by atoms with Crippen molar-refractivity contribution >= 4 is 45.2 Å². The van der Waals surface area contributed by atoms with Crippen molar-refractivity contribution in [2.75, 3.05) is 5.88 Å². The SMILES string of the molecule is Cc1ccc(Cn2c(CCCl)nc3cc(I)ccc32)o1. The molecule has 0 aliphatic rings. The Morgan fingerprint density at radius 2 is 2.15 bits per heavy atom. The van der Waals surface area contributed by atoms with Gasteiger partial charge in [-0.2, -0.15) is 0 Å². The molecule has 0 fully saturated rings. The molecule has 0 saturated heterocycles. The van der Waals surface area contributed by atoms with Crippen LogP contribution in [0.15, 0.2) is 34.7 Å². The zero-order chi connectivity index (χ0) is 14.1. The van der Waals surface area contributed by atoms with Gasteiger partial charge in [0.05, 0.1) is 17.6 Å². The molecular weight excluding hydrogens is 387 g/mol. The summed E-state index contributed by atoms with van der Waals surface area (Å²) in [4.78, 5) is 4.70. The van der Waals surface area contributed by atoms with Gasteiger partial charge in [0.2, 0.25) is 0 Å². The van der Waals surface area contributed by atoms with Gasteiger partial charge in [-0.05, 0) is 59.8 Å². The zero-order valence-corrected chi connectivity index (χ0v) is 14.0. The number of halogens is 2. The molecule has 0 unspecified atom stereocenters. The number of aromatic nitrogens is 2. The highest BCUT2D eigenvalue weighted by Gasteiger charge is 2.12. The molecule has 0 amide bonds. The van der Waals surface area contributed by atoms with Crippen LogP contribution in [0.2, 0.25) is 0 Å². The van der Waals surface area contributed by atoms with Crippen molar-refractivity contribution < 1.29 is 4.42 Å². The normalized spacial score (nSPS) is 11.3. The van der Waals surface area contributed by atoms with Crippen molar-refractivity contribution in [2.45, 2.75) is 19.9 Å². The van der Waals surface area contributed by atoms with E-state index >= 15 is 0 Å². The van der Waals surface area contributed by atoms with Crippen LogP contribution in [0.25, 0.3) is 11.0 Å². The van der Waals surface area contributed by atoms with Crippen LogP contribution in [0.5, 0.6) is 0 Å². The molecule has 0 radical (unpaired) electrons. The van der Waals surface area contributed by atoms with Crippen molar-refractivity contribution in [1.82, 2.24) is 9.55 Å². The number of nitrogens with zero attached hydrogens (tertiary/aromatic N) is 2. The van der Waals surface area contributed by atoms with E-state index in [2.05, 4.69) is 45.4 Å². The molecule has 3 rings (SSSR count). The maximum absolute atomic E-state index is 5.90. The van der Waals surface area contributed by atoms with Crippen LogP contribution < -0.4 is 0 Å². The Labute approximate surface area is 136 Å². The Hall–Kier alpha value is -1.01. The van der Waals surface area contributed by atoms with Crippen molar-refractivity contribution in [3.8, 4) is 0 Å². The quantitative estimate of drug-likeness (QED) is 0.481. The average Bonchev–Trinajstić information content (AvgIpc) is 2.95. The smallest absolute Gasteiger partial charge is 0.123 e. The molecule has 2 aromatic heterocycles. The fraction of sp³-hybridized carbons (Fsp3) is 0.267. The molecule has 3 aromatic rings. The lowest BCUT2D eigenvalue weighted by molar-refractivity contribution is 0.469. The summed E-state index contributed by atoms with van der Waals surface area (Å²) < 4.78 is 9.05. The van der Waals surface area contributed by atoms with Gasteiger partial charge in [-0.15, -0.1) is 11.6 Å². The minimum atomic E-state index is 0.567. The van der Waals surface area contributed by atoms with E-state index in [1.54, 1.807) is 0 Å². The van der Waals surface area contributed by atoms with Crippen LogP contribution >= 0.6 is 34.2 Å². The van der Waals surface area contributed by atoms with Gasteiger partial charge >= 0.3 is 0 Å². The molecule has 0 aliphatic heterocycles. The summed E-state index contributed by atoms with van der Waals surface area (Å²) in [6.45, 7) is 2.65. The highest BCUT2D eigenvalue weighted by molar-refractivity contribution is 14.1. The van der Waals surface area contributed by atoms with E-state index in [0.29, 0.717) is 12.4 Å². The first-order chi connectivity index (χ1) is 9.67. The summed E-state index contributed by atoms with van der Waals surface area (Å²) in [7, 11) is 0. The summed E-state index contributed by atoms with van der Waals surface area (Å²) in [6, 6.07) is 10.3. The van der Waals surface area contributed by atoms with E-state index in [9.17, 15) is 0 Å².